The summed E-state index contributed by atoms with van der Waals surface area (Å²) in [4.78, 5) is 23.6. The summed E-state index contributed by atoms with van der Waals surface area (Å²) >= 11 is 0. The Hall–Kier alpha value is -3.28. The molecule has 0 fully saturated rings. The first-order valence-electron chi connectivity index (χ1n) is 7.45. The predicted molar refractivity (Wildman–Crippen MR) is 94.1 cm³/mol. The maximum Gasteiger partial charge on any atom is 0.358 e. The van der Waals surface area contributed by atoms with Gasteiger partial charge in [-0.15, -0.1) is 10.2 Å². The Morgan fingerprint density at radius 3 is 2.28 bits per heavy atom. The fourth-order valence-electron chi connectivity index (χ4n) is 2.35. The van der Waals surface area contributed by atoms with Crippen LogP contribution < -0.4 is 0 Å². The molecular formula is C19H18N2O4. The molecule has 0 saturated heterocycles. The van der Waals surface area contributed by atoms with Crippen molar-refractivity contribution in [2.45, 2.75) is 6.42 Å². The highest BCUT2D eigenvalue weighted by atomic mass is 16.5. The van der Waals surface area contributed by atoms with Crippen LogP contribution in [0.15, 0.2) is 37.4 Å². The van der Waals surface area contributed by atoms with Gasteiger partial charge in [0.1, 0.15) is 0 Å². The van der Waals surface area contributed by atoms with Crippen molar-refractivity contribution in [1.29, 1.82) is 0 Å². The van der Waals surface area contributed by atoms with Crippen LogP contribution >= 0.6 is 0 Å². The average Bonchev–Trinajstić information content (AvgIpc) is 2.66. The van der Waals surface area contributed by atoms with Crippen LogP contribution in [-0.2, 0) is 15.9 Å². The molecule has 128 valence electrons. The average molecular weight is 338 g/mol. The molecule has 0 aliphatic carbocycles. The molecular weight excluding hydrogens is 320 g/mol. The number of methoxy groups -OCH3 is 2. The molecule has 0 atom stereocenters. The van der Waals surface area contributed by atoms with E-state index in [4.69, 9.17) is 4.74 Å². The Kier molecular flexibility index (Phi) is 5.79. The summed E-state index contributed by atoms with van der Waals surface area (Å²) in [6.07, 6.45) is 3.83. The molecule has 2 aromatic rings. The highest BCUT2D eigenvalue weighted by Gasteiger charge is 2.19. The second kappa shape index (κ2) is 8.01. The lowest BCUT2D eigenvalue weighted by molar-refractivity contribution is 0.0572. The van der Waals surface area contributed by atoms with E-state index in [1.165, 1.54) is 20.3 Å². The number of ether oxygens (including phenoxy) is 2. The first-order chi connectivity index (χ1) is 12.0. The summed E-state index contributed by atoms with van der Waals surface area (Å²) in [5.41, 5.74) is 3.38. The zero-order chi connectivity index (χ0) is 18.4. The van der Waals surface area contributed by atoms with Crippen LogP contribution in [0.4, 0.5) is 0 Å². The van der Waals surface area contributed by atoms with E-state index in [1.807, 2.05) is 18.2 Å². The molecule has 2 rings (SSSR count). The number of aromatic nitrogens is 2. The second-order valence-electron chi connectivity index (χ2n) is 5.13. The summed E-state index contributed by atoms with van der Waals surface area (Å²) in [5.74, 6) is -1.25. The third kappa shape index (κ3) is 3.98. The molecule has 0 amide bonds. The van der Waals surface area contributed by atoms with E-state index in [0.717, 1.165) is 16.7 Å². The molecule has 0 saturated carbocycles. The maximum absolute atomic E-state index is 11.9. The van der Waals surface area contributed by atoms with Gasteiger partial charge < -0.3 is 9.47 Å². The van der Waals surface area contributed by atoms with Gasteiger partial charge in [0.15, 0.2) is 11.4 Å². The van der Waals surface area contributed by atoms with Gasteiger partial charge in [-0.2, -0.15) is 0 Å². The number of hydrogen-bond donors (Lipinski definition) is 0. The SMILES string of the molecule is C=Cc1ccc(Cc2cc(C(=O)OC)nnc2C(=O)OC)cc1C=C. The van der Waals surface area contributed by atoms with Crippen LogP contribution in [0.25, 0.3) is 12.2 Å². The van der Waals surface area contributed by atoms with Gasteiger partial charge in [0.2, 0.25) is 0 Å². The van der Waals surface area contributed by atoms with E-state index < -0.39 is 11.9 Å². The number of hydrogen-bond acceptors (Lipinski definition) is 6. The lowest BCUT2D eigenvalue weighted by Crippen LogP contribution is -2.14. The second-order valence-corrected chi connectivity index (χ2v) is 5.13. The van der Waals surface area contributed by atoms with Crippen LogP contribution in [0.3, 0.4) is 0 Å². The molecule has 0 aliphatic heterocycles. The molecule has 1 heterocycles. The lowest BCUT2D eigenvalue weighted by atomic mass is 9.98. The van der Waals surface area contributed by atoms with Gasteiger partial charge in [0.05, 0.1) is 14.2 Å². The summed E-state index contributed by atoms with van der Waals surface area (Å²) in [7, 11) is 2.51. The van der Waals surface area contributed by atoms with Crippen LogP contribution in [0.1, 0.15) is 43.2 Å². The van der Waals surface area contributed by atoms with Crippen molar-refractivity contribution in [3.8, 4) is 0 Å². The van der Waals surface area contributed by atoms with Gasteiger partial charge in [0.25, 0.3) is 0 Å². The van der Waals surface area contributed by atoms with Crippen LogP contribution in [0, 0.1) is 0 Å². The van der Waals surface area contributed by atoms with Crippen LogP contribution in [-0.4, -0.2) is 36.4 Å². The van der Waals surface area contributed by atoms with Crippen molar-refractivity contribution in [2.75, 3.05) is 14.2 Å². The minimum atomic E-state index is -0.626. The topological polar surface area (TPSA) is 78.4 Å². The van der Waals surface area contributed by atoms with Gasteiger partial charge in [-0.1, -0.05) is 43.5 Å². The fourth-order valence-corrected chi connectivity index (χ4v) is 2.35. The summed E-state index contributed by atoms with van der Waals surface area (Å²) < 4.78 is 9.39. The van der Waals surface area contributed by atoms with Crippen molar-refractivity contribution in [3.63, 3.8) is 0 Å². The monoisotopic (exact) mass is 338 g/mol. The highest BCUT2D eigenvalue weighted by molar-refractivity contribution is 5.91. The smallest absolute Gasteiger partial charge is 0.358 e. The van der Waals surface area contributed by atoms with Crippen molar-refractivity contribution in [1.82, 2.24) is 10.2 Å². The first-order valence-corrected chi connectivity index (χ1v) is 7.45. The number of benzene rings is 1. The Morgan fingerprint density at radius 1 is 1.00 bits per heavy atom. The van der Waals surface area contributed by atoms with Crippen molar-refractivity contribution in [3.05, 3.63) is 71.1 Å². The Labute approximate surface area is 145 Å². The van der Waals surface area contributed by atoms with Gasteiger partial charge >= 0.3 is 11.9 Å². The quantitative estimate of drug-likeness (QED) is 0.754. The van der Waals surface area contributed by atoms with E-state index >= 15 is 0 Å². The first kappa shape index (κ1) is 18.1. The standard InChI is InChI=1S/C19H18N2O4/c1-5-13-8-7-12(9-14(13)6-2)10-15-11-16(18(22)24-3)20-21-17(15)19(23)25-4/h5-9,11H,1-2,10H2,3-4H3. The molecule has 1 aromatic heterocycles. The fraction of sp³-hybridized carbons (Fsp3) is 0.158. The minimum Gasteiger partial charge on any atom is -0.464 e. The third-order valence-electron chi connectivity index (χ3n) is 3.63. The van der Waals surface area contributed by atoms with E-state index in [2.05, 4.69) is 28.1 Å². The number of rotatable bonds is 6. The zero-order valence-electron chi connectivity index (χ0n) is 14.1. The van der Waals surface area contributed by atoms with Crippen molar-refractivity contribution < 1.29 is 19.1 Å². The molecule has 6 nitrogen and oxygen atoms in total. The van der Waals surface area contributed by atoms with Crippen LogP contribution in [0.2, 0.25) is 0 Å². The Balaban J connectivity index is 2.48. The van der Waals surface area contributed by atoms with Crippen LogP contribution in [0.5, 0.6) is 0 Å². The van der Waals surface area contributed by atoms with E-state index in [-0.39, 0.29) is 11.4 Å². The predicted octanol–water partition coefficient (Wildman–Crippen LogP) is 2.93. The molecule has 25 heavy (non-hydrogen) atoms. The van der Waals surface area contributed by atoms with Crippen molar-refractivity contribution >= 4 is 24.1 Å². The number of esters is 2. The molecule has 0 aliphatic rings. The van der Waals surface area contributed by atoms with E-state index in [1.54, 1.807) is 12.2 Å². The summed E-state index contributed by atoms with van der Waals surface area (Å²) in [6.45, 7) is 7.55. The molecule has 0 radical (unpaired) electrons. The number of carbonyl (C=O) groups is 2. The number of carbonyl (C=O) groups excluding carboxylic acids is 2. The number of nitrogens with zero attached hydrogens (tertiary/aromatic N) is 2. The zero-order valence-corrected chi connectivity index (χ0v) is 14.1. The van der Waals surface area contributed by atoms with Gasteiger partial charge in [-0.3, -0.25) is 0 Å². The van der Waals surface area contributed by atoms with E-state index in [0.29, 0.717) is 12.0 Å². The summed E-state index contributed by atoms with van der Waals surface area (Å²) in [5, 5.41) is 7.56. The Morgan fingerprint density at radius 2 is 1.68 bits per heavy atom. The third-order valence-corrected chi connectivity index (χ3v) is 3.63. The normalized spacial score (nSPS) is 10.0. The molecule has 0 unspecified atom stereocenters. The minimum absolute atomic E-state index is 0.0248. The van der Waals surface area contributed by atoms with Gasteiger partial charge in [-0.05, 0) is 28.3 Å². The molecule has 0 spiro atoms. The molecule has 1 aromatic carbocycles. The van der Waals surface area contributed by atoms with Crippen molar-refractivity contribution in [2.24, 2.45) is 0 Å². The maximum atomic E-state index is 11.9. The lowest BCUT2D eigenvalue weighted by Gasteiger charge is -2.10. The Bertz CT molecular complexity index is 843. The van der Waals surface area contributed by atoms with Gasteiger partial charge in [-0.25, -0.2) is 9.59 Å². The molecule has 0 N–H and O–H groups in total. The largest absolute Gasteiger partial charge is 0.464 e. The van der Waals surface area contributed by atoms with Gasteiger partial charge in [0, 0.05) is 6.42 Å². The molecule has 6 heteroatoms. The summed E-state index contributed by atoms with van der Waals surface area (Å²) in [6, 6.07) is 7.24. The van der Waals surface area contributed by atoms with E-state index in [9.17, 15) is 9.59 Å². The molecule has 0 bridgehead atoms. The highest BCUT2D eigenvalue weighted by Crippen LogP contribution is 2.19.